The number of rotatable bonds is 6. The SMILES string of the molecule is CN=C(NCCc1ccccc1)NCC1(c2cccc(F)c2)CC1.I. The minimum absolute atomic E-state index is 0. The number of guanidine groups is 1. The van der Waals surface area contributed by atoms with E-state index in [0.29, 0.717) is 0 Å². The zero-order valence-electron chi connectivity index (χ0n) is 14.5. The van der Waals surface area contributed by atoms with Crippen LogP contribution in [0.2, 0.25) is 0 Å². The molecule has 0 aliphatic heterocycles. The Labute approximate surface area is 166 Å². The van der Waals surface area contributed by atoms with Crippen LogP contribution >= 0.6 is 24.0 Å². The number of nitrogens with zero attached hydrogens (tertiary/aromatic N) is 1. The molecule has 25 heavy (non-hydrogen) atoms. The van der Waals surface area contributed by atoms with Gasteiger partial charge >= 0.3 is 0 Å². The monoisotopic (exact) mass is 453 g/mol. The molecule has 1 saturated carbocycles. The molecule has 2 aromatic rings. The van der Waals surface area contributed by atoms with Crippen molar-refractivity contribution in [2.45, 2.75) is 24.7 Å². The van der Waals surface area contributed by atoms with Gasteiger partial charge in [-0.1, -0.05) is 42.5 Å². The highest BCUT2D eigenvalue weighted by molar-refractivity contribution is 14.0. The zero-order valence-corrected chi connectivity index (χ0v) is 16.8. The van der Waals surface area contributed by atoms with E-state index in [1.54, 1.807) is 19.2 Å². The third kappa shape index (κ3) is 5.42. The molecule has 3 rings (SSSR count). The molecule has 0 heterocycles. The fourth-order valence-electron chi connectivity index (χ4n) is 2.98. The van der Waals surface area contributed by atoms with Gasteiger partial charge in [0.2, 0.25) is 0 Å². The first kappa shape index (κ1) is 19.7. The molecule has 0 amide bonds. The van der Waals surface area contributed by atoms with Crippen LogP contribution in [0.4, 0.5) is 4.39 Å². The van der Waals surface area contributed by atoms with Crippen molar-refractivity contribution >= 4 is 29.9 Å². The van der Waals surface area contributed by atoms with E-state index in [2.05, 4.69) is 39.9 Å². The predicted octanol–water partition coefficient (Wildman–Crippen LogP) is 3.88. The number of aliphatic imine (C=N–C) groups is 1. The molecule has 2 N–H and O–H groups in total. The molecule has 134 valence electrons. The number of benzene rings is 2. The second-order valence-corrected chi connectivity index (χ2v) is 6.38. The Morgan fingerprint density at radius 1 is 1.08 bits per heavy atom. The maximum Gasteiger partial charge on any atom is 0.191 e. The van der Waals surface area contributed by atoms with Gasteiger partial charge in [-0.15, -0.1) is 24.0 Å². The molecule has 1 aliphatic carbocycles. The van der Waals surface area contributed by atoms with Crippen LogP contribution in [0.3, 0.4) is 0 Å². The van der Waals surface area contributed by atoms with E-state index in [0.717, 1.165) is 43.9 Å². The van der Waals surface area contributed by atoms with Crippen molar-refractivity contribution in [3.63, 3.8) is 0 Å². The lowest BCUT2D eigenvalue weighted by Gasteiger charge is -2.19. The van der Waals surface area contributed by atoms with Crippen LogP contribution in [-0.4, -0.2) is 26.1 Å². The molecule has 0 radical (unpaired) electrons. The highest BCUT2D eigenvalue weighted by atomic mass is 127. The minimum atomic E-state index is -0.163. The first-order chi connectivity index (χ1) is 11.7. The summed E-state index contributed by atoms with van der Waals surface area (Å²) in [4.78, 5) is 4.28. The fraction of sp³-hybridized carbons (Fsp3) is 0.350. The molecule has 2 aromatic carbocycles. The van der Waals surface area contributed by atoms with Gasteiger partial charge in [0.05, 0.1) is 0 Å². The lowest BCUT2D eigenvalue weighted by atomic mass is 9.96. The molecule has 0 aromatic heterocycles. The summed E-state index contributed by atoms with van der Waals surface area (Å²) >= 11 is 0. The molecular weight excluding hydrogens is 428 g/mol. The second-order valence-electron chi connectivity index (χ2n) is 6.38. The van der Waals surface area contributed by atoms with Crippen LogP contribution in [0.5, 0.6) is 0 Å². The molecule has 0 atom stereocenters. The maximum absolute atomic E-state index is 13.5. The van der Waals surface area contributed by atoms with E-state index in [9.17, 15) is 4.39 Å². The Kier molecular flexibility index (Phi) is 7.23. The van der Waals surface area contributed by atoms with E-state index in [1.165, 1.54) is 11.6 Å². The molecule has 0 spiro atoms. The largest absolute Gasteiger partial charge is 0.356 e. The van der Waals surface area contributed by atoms with Crippen LogP contribution in [-0.2, 0) is 11.8 Å². The summed E-state index contributed by atoms with van der Waals surface area (Å²) in [6, 6.07) is 17.3. The second kappa shape index (κ2) is 9.17. The molecule has 1 fully saturated rings. The van der Waals surface area contributed by atoms with Gasteiger partial charge in [-0.2, -0.15) is 0 Å². The van der Waals surface area contributed by atoms with Crippen molar-refractivity contribution in [1.29, 1.82) is 0 Å². The quantitative estimate of drug-likeness (QED) is 0.396. The molecule has 1 aliphatic rings. The van der Waals surface area contributed by atoms with Gasteiger partial charge < -0.3 is 10.6 Å². The Bertz CT molecular complexity index is 699. The van der Waals surface area contributed by atoms with Crippen LogP contribution in [0.1, 0.15) is 24.0 Å². The molecular formula is C20H25FIN3. The Morgan fingerprint density at radius 3 is 2.48 bits per heavy atom. The van der Waals surface area contributed by atoms with Crippen molar-refractivity contribution in [1.82, 2.24) is 10.6 Å². The number of hydrogen-bond donors (Lipinski definition) is 2. The van der Waals surface area contributed by atoms with Crippen molar-refractivity contribution in [2.75, 3.05) is 20.1 Å². The third-order valence-electron chi connectivity index (χ3n) is 4.66. The van der Waals surface area contributed by atoms with E-state index < -0.39 is 0 Å². The van der Waals surface area contributed by atoms with Crippen LogP contribution < -0.4 is 10.6 Å². The molecule has 0 unspecified atom stereocenters. The average Bonchev–Trinajstić information content (AvgIpc) is 3.40. The van der Waals surface area contributed by atoms with Gasteiger partial charge in [-0.3, -0.25) is 4.99 Å². The maximum atomic E-state index is 13.5. The Hall–Kier alpha value is -1.63. The fourth-order valence-corrected chi connectivity index (χ4v) is 2.98. The standard InChI is InChI=1S/C20H24FN3.HI/c1-22-19(23-13-10-16-6-3-2-4-7-16)24-15-20(11-12-20)17-8-5-9-18(21)14-17;/h2-9,14H,10-13,15H2,1H3,(H2,22,23,24);1H. The summed E-state index contributed by atoms with van der Waals surface area (Å²) in [5.41, 5.74) is 2.44. The highest BCUT2D eigenvalue weighted by Crippen LogP contribution is 2.47. The van der Waals surface area contributed by atoms with Gasteiger partial charge in [0.15, 0.2) is 5.96 Å². The topological polar surface area (TPSA) is 36.4 Å². The summed E-state index contributed by atoms with van der Waals surface area (Å²) in [6.45, 7) is 1.61. The van der Waals surface area contributed by atoms with Gasteiger partial charge in [-0.05, 0) is 42.5 Å². The van der Waals surface area contributed by atoms with Gasteiger partial charge in [0.25, 0.3) is 0 Å². The third-order valence-corrected chi connectivity index (χ3v) is 4.66. The van der Waals surface area contributed by atoms with Crippen molar-refractivity contribution in [3.05, 3.63) is 71.5 Å². The number of halogens is 2. The molecule has 3 nitrogen and oxygen atoms in total. The van der Waals surface area contributed by atoms with Crippen LogP contribution in [0.15, 0.2) is 59.6 Å². The number of nitrogens with one attached hydrogen (secondary N) is 2. The number of hydrogen-bond acceptors (Lipinski definition) is 1. The van der Waals surface area contributed by atoms with Crippen LogP contribution in [0, 0.1) is 5.82 Å². The van der Waals surface area contributed by atoms with Gasteiger partial charge in [0.1, 0.15) is 5.82 Å². The van der Waals surface area contributed by atoms with Gasteiger partial charge in [0, 0.05) is 25.6 Å². The summed E-state index contributed by atoms with van der Waals surface area (Å²) in [5.74, 6) is 0.637. The lowest BCUT2D eigenvalue weighted by Crippen LogP contribution is -2.42. The minimum Gasteiger partial charge on any atom is -0.356 e. The summed E-state index contributed by atoms with van der Waals surface area (Å²) < 4.78 is 13.5. The van der Waals surface area contributed by atoms with E-state index >= 15 is 0 Å². The first-order valence-corrected chi connectivity index (χ1v) is 8.46. The van der Waals surface area contributed by atoms with Crippen molar-refractivity contribution in [3.8, 4) is 0 Å². The molecule has 0 saturated heterocycles. The molecule has 0 bridgehead atoms. The molecule has 5 heteroatoms. The zero-order chi connectivity index (χ0) is 16.8. The predicted molar refractivity (Wildman–Crippen MR) is 112 cm³/mol. The van der Waals surface area contributed by atoms with E-state index in [1.807, 2.05) is 12.1 Å². The Balaban J connectivity index is 0.00000225. The smallest absolute Gasteiger partial charge is 0.191 e. The van der Waals surface area contributed by atoms with Crippen molar-refractivity contribution in [2.24, 2.45) is 4.99 Å². The van der Waals surface area contributed by atoms with Gasteiger partial charge in [-0.25, -0.2) is 4.39 Å². The van der Waals surface area contributed by atoms with E-state index in [4.69, 9.17) is 0 Å². The summed E-state index contributed by atoms with van der Waals surface area (Å²) in [7, 11) is 1.78. The van der Waals surface area contributed by atoms with E-state index in [-0.39, 0.29) is 35.2 Å². The average molecular weight is 453 g/mol. The van der Waals surface area contributed by atoms with Crippen molar-refractivity contribution < 1.29 is 4.39 Å². The Morgan fingerprint density at radius 2 is 1.84 bits per heavy atom. The summed E-state index contributed by atoms with van der Waals surface area (Å²) in [6.07, 6.45) is 3.13. The normalized spacial score (nSPS) is 15.2. The lowest BCUT2D eigenvalue weighted by molar-refractivity contribution is 0.607. The first-order valence-electron chi connectivity index (χ1n) is 8.46. The van der Waals surface area contributed by atoms with Crippen LogP contribution in [0.25, 0.3) is 0 Å². The summed E-state index contributed by atoms with van der Waals surface area (Å²) in [5, 5.41) is 6.74. The highest BCUT2D eigenvalue weighted by Gasteiger charge is 2.44.